The Kier molecular flexibility index (Phi) is 10.4. The van der Waals surface area contributed by atoms with Gasteiger partial charge >= 0.3 is 12.1 Å². The summed E-state index contributed by atoms with van der Waals surface area (Å²) in [5, 5.41) is 15.2. The van der Waals surface area contributed by atoms with Gasteiger partial charge in [-0.25, -0.2) is 14.8 Å². The lowest BCUT2D eigenvalue weighted by molar-refractivity contribution is -0.138. The van der Waals surface area contributed by atoms with Crippen molar-refractivity contribution >= 4 is 29.7 Å². The van der Waals surface area contributed by atoms with Gasteiger partial charge in [0.25, 0.3) is 5.91 Å². The molecule has 0 saturated carbocycles. The maximum Gasteiger partial charge on any atom is 0.409 e. The largest absolute Gasteiger partial charge is 0.481 e. The first-order chi connectivity index (χ1) is 19.8. The Morgan fingerprint density at radius 2 is 1.83 bits per heavy atom. The van der Waals surface area contributed by atoms with E-state index < -0.39 is 29.9 Å². The molecule has 3 N–H and O–H groups in total. The third kappa shape index (κ3) is 8.37. The Labute approximate surface area is 238 Å². The minimum absolute atomic E-state index is 0.0361. The molecular weight excluding hydrogens is 532 g/mol. The van der Waals surface area contributed by atoms with E-state index in [1.54, 1.807) is 6.92 Å². The van der Waals surface area contributed by atoms with E-state index in [1.807, 2.05) is 30.3 Å². The molecule has 1 aromatic carbocycles. The molecule has 0 spiro atoms. The molecule has 1 aromatic heterocycles. The van der Waals surface area contributed by atoms with Crippen molar-refractivity contribution in [2.45, 2.75) is 44.8 Å². The van der Waals surface area contributed by atoms with Gasteiger partial charge in [0, 0.05) is 57.4 Å². The van der Waals surface area contributed by atoms with Crippen LogP contribution in [-0.2, 0) is 19.1 Å². The number of anilines is 1. The van der Waals surface area contributed by atoms with Gasteiger partial charge in [-0.2, -0.15) is 0 Å². The second kappa shape index (κ2) is 14.4. The van der Waals surface area contributed by atoms with Gasteiger partial charge in [0.1, 0.15) is 17.6 Å². The zero-order valence-corrected chi connectivity index (χ0v) is 23.1. The summed E-state index contributed by atoms with van der Waals surface area (Å²) in [6, 6.07) is 9.62. The molecule has 13 nitrogen and oxygen atoms in total. The van der Waals surface area contributed by atoms with Crippen molar-refractivity contribution in [1.29, 1.82) is 0 Å². The van der Waals surface area contributed by atoms with Crippen molar-refractivity contribution in [3.05, 3.63) is 42.1 Å². The number of piperazine rings is 1. The molecule has 2 saturated heterocycles. The molecule has 2 aliphatic heterocycles. The van der Waals surface area contributed by atoms with Gasteiger partial charge in [0.05, 0.1) is 12.7 Å². The first-order valence-corrected chi connectivity index (χ1v) is 13.9. The molecule has 2 atom stereocenters. The Bertz CT molecular complexity index is 1210. The summed E-state index contributed by atoms with van der Waals surface area (Å²) >= 11 is 0. The van der Waals surface area contributed by atoms with Crippen LogP contribution in [0.5, 0.6) is 0 Å². The third-order valence-corrected chi connectivity index (χ3v) is 6.89. The molecule has 0 bridgehead atoms. The van der Waals surface area contributed by atoms with E-state index in [0.29, 0.717) is 30.4 Å². The number of amides is 3. The number of carbonyl (C=O) groups excluding carboxylic acids is 3. The highest BCUT2D eigenvalue weighted by Crippen LogP contribution is 2.20. The van der Waals surface area contributed by atoms with Crippen LogP contribution in [0.2, 0.25) is 0 Å². The topological polar surface area (TPSA) is 163 Å². The molecule has 0 aliphatic carbocycles. The Morgan fingerprint density at radius 3 is 2.49 bits per heavy atom. The number of nitrogens with one attached hydrogen (secondary N) is 2. The van der Waals surface area contributed by atoms with E-state index in [2.05, 4.69) is 20.6 Å². The van der Waals surface area contributed by atoms with Crippen molar-refractivity contribution in [2.75, 3.05) is 51.3 Å². The maximum absolute atomic E-state index is 13.5. The zero-order valence-electron chi connectivity index (χ0n) is 23.1. The number of aliphatic carboxylic acids is 1. The summed E-state index contributed by atoms with van der Waals surface area (Å²) < 4.78 is 10.7. The van der Waals surface area contributed by atoms with Gasteiger partial charge < -0.3 is 35.0 Å². The molecule has 220 valence electrons. The number of benzene rings is 1. The summed E-state index contributed by atoms with van der Waals surface area (Å²) in [5.41, 5.74) is 0.745. The first kappa shape index (κ1) is 29.7. The highest BCUT2D eigenvalue weighted by molar-refractivity contribution is 5.97. The number of ether oxygens (including phenoxy) is 2. The van der Waals surface area contributed by atoms with Gasteiger partial charge in [0.2, 0.25) is 5.91 Å². The standard InChI is InChI=1S/C28H36N6O7/c1-2-40-28(39)34-14-12-33(13-15-34)27(38)21(10-11-24(35)36)31-26(37)22-17-23(29-18-20-9-6-16-41-20)32-25(30-22)19-7-4-3-5-8-19/h3-5,7-8,17,20-21H,2,6,9-16,18H2,1H3,(H,31,37)(H,35,36)(H,29,30,32)/t20-,21?/m0/s1. The molecule has 2 aliphatic rings. The number of hydrogen-bond donors (Lipinski definition) is 3. The highest BCUT2D eigenvalue weighted by atomic mass is 16.6. The smallest absolute Gasteiger partial charge is 0.409 e. The molecule has 2 fully saturated rings. The average Bonchev–Trinajstić information content (AvgIpc) is 3.52. The molecule has 0 radical (unpaired) electrons. The van der Waals surface area contributed by atoms with E-state index >= 15 is 0 Å². The molecule has 41 heavy (non-hydrogen) atoms. The van der Waals surface area contributed by atoms with Crippen LogP contribution in [0.1, 0.15) is 43.1 Å². The number of carbonyl (C=O) groups is 4. The lowest BCUT2D eigenvalue weighted by atomic mass is 10.1. The summed E-state index contributed by atoms with van der Waals surface area (Å²) in [4.78, 5) is 62.3. The minimum Gasteiger partial charge on any atom is -0.481 e. The number of rotatable bonds is 11. The molecular formula is C28H36N6O7. The minimum atomic E-state index is -1.09. The Hall–Kier alpha value is -4.26. The van der Waals surface area contributed by atoms with Gasteiger partial charge in [-0.05, 0) is 26.2 Å². The van der Waals surface area contributed by atoms with E-state index in [0.717, 1.165) is 12.8 Å². The fraction of sp³-hybridized carbons (Fsp3) is 0.500. The van der Waals surface area contributed by atoms with Crippen LogP contribution >= 0.6 is 0 Å². The van der Waals surface area contributed by atoms with Gasteiger partial charge in [-0.3, -0.25) is 14.4 Å². The molecule has 3 heterocycles. The van der Waals surface area contributed by atoms with E-state index in [4.69, 9.17) is 9.47 Å². The average molecular weight is 569 g/mol. The summed E-state index contributed by atoms with van der Waals surface area (Å²) in [5.74, 6) is -1.37. The van der Waals surface area contributed by atoms with Crippen molar-refractivity contribution in [3.63, 3.8) is 0 Å². The van der Waals surface area contributed by atoms with E-state index in [-0.39, 0.29) is 57.4 Å². The van der Waals surface area contributed by atoms with Gasteiger partial charge in [-0.1, -0.05) is 30.3 Å². The van der Waals surface area contributed by atoms with Crippen molar-refractivity contribution < 1.29 is 33.8 Å². The number of nitrogens with zero attached hydrogens (tertiary/aromatic N) is 4. The van der Waals surface area contributed by atoms with E-state index in [1.165, 1.54) is 15.9 Å². The maximum atomic E-state index is 13.5. The van der Waals surface area contributed by atoms with Gasteiger partial charge in [-0.15, -0.1) is 0 Å². The van der Waals surface area contributed by atoms with Crippen LogP contribution in [0.3, 0.4) is 0 Å². The molecule has 13 heteroatoms. The second-order valence-corrected chi connectivity index (χ2v) is 9.81. The lowest BCUT2D eigenvalue weighted by Gasteiger charge is -2.35. The Morgan fingerprint density at radius 1 is 1.10 bits per heavy atom. The SMILES string of the molecule is CCOC(=O)N1CCN(C(=O)C(CCC(=O)O)NC(=O)c2cc(NC[C@@H]3CCCO3)nc(-c3ccccc3)n2)CC1. The third-order valence-electron chi connectivity index (χ3n) is 6.89. The van der Waals surface area contributed by atoms with Crippen LogP contribution in [0, 0.1) is 0 Å². The quantitative estimate of drug-likeness (QED) is 0.365. The predicted molar refractivity (Wildman–Crippen MR) is 148 cm³/mol. The highest BCUT2D eigenvalue weighted by Gasteiger charge is 2.31. The fourth-order valence-corrected chi connectivity index (χ4v) is 4.70. The molecule has 2 aromatic rings. The summed E-state index contributed by atoms with van der Waals surface area (Å²) in [7, 11) is 0. The number of carboxylic acid groups (broad SMARTS) is 1. The number of hydrogen-bond acceptors (Lipinski definition) is 9. The van der Waals surface area contributed by atoms with Crippen molar-refractivity contribution in [3.8, 4) is 11.4 Å². The normalized spacial score (nSPS) is 17.5. The van der Waals surface area contributed by atoms with Crippen molar-refractivity contribution in [2.24, 2.45) is 0 Å². The second-order valence-electron chi connectivity index (χ2n) is 9.81. The predicted octanol–water partition coefficient (Wildman–Crippen LogP) is 2.00. The Balaban J connectivity index is 1.50. The molecule has 3 amide bonds. The van der Waals surface area contributed by atoms with Crippen LogP contribution < -0.4 is 10.6 Å². The lowest BCUT2D eigenvalue weighted by Crippen LogP contribution is -2.56. The first-order valence-electron chi connectivity index (χ1n) is 13.9. The summed E-state index contributed by atoms with van der Waals surface area (Å²) in [6.07, 6.45) is 1.11. The van der Waals surface area contributed by atoms with Crippen LogP contribution in [0.4, 0.5) is 10.6 Å². The van der Waals surface area contributed by atoms with E-state index in [9.17, 15) is 24.3 Å². The number of carboxylic acids is 1. The van der Waals surface area contributed by atoms with Crippen LogP contribution in [-0.4, -0.2) is 107 Å². The van der Waals surface area contributed by atoms with Crippen LogP contribution in [0.15, 0.2) is 36.4 Å². The van der Waals surface area contributed by atoms with Crippen molar-refractivity contribution in [1.82, 2.24) is 25.1 Å². The zero-order chi connectivity index (χ0) is 29.2. The fourth-order valence-electron chi connectivity index (χ4n) is 4.70. The summed E-state index contributed by atoms with van der Waals surface area (Å²) in [6.45, 7) is 4.22. The molecule has 1 unspecified atom stereocenters. The van der Waals surface area contributed by atoms with Gasteiger partial charge in [0.15, 0.2) is 5.82 Å². The number of aromatic nitrogens is 2. The molecule has 4 rings (SSSR count). The van der Waals surface area contributed by atoms with Crippen LogP contribution in [0.25, 0.3) is 11.4 Å². The monoisotopic (exact) mass is 568 g/mol.